The second-order valence-electron chi connectivity index (χ2n) is 4.77. The summed E-state index contributed by atoms with van der Waals surface area (Å²) in [6, 6.07) is 14.9. The Bertz CT molecular complexity index is 797. The van der Waals surface area contributed by atoms with Crippen LogP contribution in [-0.2, 0) is 6.42 Å². The summed E-state index contributed by atoms with van der Waals surface area (Å²) < 4.78 is 0. The lowest BCUT2D eigenvalue weighted by molar-refractivity contribution is -0.384. The Kier molecular flexibility index (Phi) is 3.75. The molecular formula is C16H13BrN2O2. The highest BCUT2D eigenvalue weighted by Gasteiger charge is 2.16. The number of hydrogen-bond donors (Lipinski definition) is 1. The van der Waals surface area contributed by atoms with Crippen LogP contribution in [0.25, 0.3) is 22.0 Å². The van der Waals surface area contributed by atoms with Gasteiger partial charge in [-0.1, -0.05) is 46.3 Å². The van der Waals surface area contributed by atoms with E-state index in [2.05, 4.69) is 20.9 Å². The van der Waals surface area contributed by atoms with E-state index in [-0.39, 0.29) is 10.6 Å². The van der Waals surface area contributed by atoms with Gasteiger partial charge in [0.15, 0.2) is 0 Å². The highest BCUT2D eigenvalue weighted by atomic mass is 79.9. The first-order valence-corrected chi connectivity index (χ1v) is 7.73. The van der Waals surface area contributed by atoms with E-state index in [4.69, 9.17) is 0 Å². The van der Waals surface area contributed by atoms with E-state index in [9.17, 15) is 10.1 Å². The molecule has 0 unspecified atom stereocenters. The molecule has 1 aromatic heterocycles. The molecule has 3 aromatic rings. The van der Waals surface area contributed by atoms with Gasteiger partial charge in [-0.2, -0.15) is 0 Å². The number of hydrogen-bond acceptors (Lipinski definition) is 2. The Morgan fingerprint density at radius 2 is 1.90 bits per heavy atom. The molecule has 4 nitrogen and oxygen atoms in total. The van der Waals surface area contributed by atoms with Crippen LogP contribution in [0, 0.1) is 10.1 Å². The van der Waals surface area contributed by atoms with E-state index in [1.54, 1.807) is 12.1 Å². The normalized spacial score (nSPS) is 10.9. The minimum atomic E-state index is -0.356. The molecule has 0 aliphatic carbocycles. The Hall–Kier alpha value is -2.14. The molecule has 106 valence electrons. The highest BCUT2D eigenvalue weighted by molar-refractivity contribution is 9.09. The number of fused-ring (bicyclic) bond motifs is 1. The first-order valence-electron chi connectivity index (χ1n) is 6.61. The topological polar surface area (TPSA) is 58.9 Å². The smallest absolute Gasteiger partial charge is 0.270 e. The van der Waals surface area contributed by atoms with E-state index >= 15 is 0 Å². The molecule has 0 fully saturated rings. The lowest BCUT2D eigenvalue weighted by Gasteiger charge is -2.03. The average Bonchev–Trinajstić information content (AvgIpc) is 2.85. The maximum absolute atomic E-state index is 11.0. The Balaban J connectivity index is 2.29. The first kappa shape index (κ1) is 13.8. The fourth-order valence-electron chi connectivity index (χ4n) is 2.57. The van der Waals surface area contributed by atoms with Crippen molar-refractivity contribution >= 4 is 32.5 Å². The number of benzene rings is 2. The van der Waals surface area contributed by atoms with Crippen LogP contribution in [0.5, 0.6) is 0 Å². The summed E-state index contributed by atoms with van der Waals surface area (Å²) in [5, 5.41) is 12.7. The van der Waals surface area contributed by atoms with Gasteiger partial charge in [-0.3, -0.25) is 10.1 Å². The van der Waals surface area contributed by atoms with Crippen LogP contribution >= 0.6 is 15.9 Å². The molecule has 5 heteroatoms. The van der Waals surface area contributed by atoms with Gasteiger partial charge < -0.3 is 4.98 Å². The number of halogens is 1. The van der Waals surface area contributed by atoms with Crippen molar-refractivity contribution < 1.29 is 4.92 Å². The van der Waals surface area contributed by atoms with Gasteiger partial charge in [0, 0.05) is 39.6 Å². The lowest BCUT2D eigenvalue weighted by Crippen LogP contribution is -1.89. The van der Waals surface area contributed by atoms with Crippen molar-refractivity contribution in [1.29, 1.82) is 0 Å². The van der Waals surface area contributed by atoms with E-state index in [0.29, 0.717) is 0 Å². The van der Waals surface area contributed by atoms with Crippen LogP contribution < -0.4 is 0 Å². The minimum absolute atomic E-state index is 0.115. The molecule has 2 aromatic carbocycles. The largest absolute Gasteiger partial charge is 0.358 e. The average molecular weight is 345 g/mol. The summed E-state index contributed by atoms with van der Waals surface area (Å²) in [5.74, 6) is 0. The van der Waals surface area contributed by atoms with Crippen molar-refractivity contribution in [1.82, 2.24) is 4.98 Å². The molecule has 21 heavy (non-hydrogen) atoms. The third-order valence-corrected chi connectivity index (χ3v) is 3.87. The number of H-pyrrole nitrogens is 1. The molecule has 0 bridgehead atoms. The van der Waals surface area contributed by atoms with Crippen molar-refractivity contribution in [3.8, 4) is 11.1 Å². The molecular weight excluding hydrogens is 332 g/mol. The SMILES string of the molecule is O=[N+]([O-])c1ccc2[nH]c(CCBr)c(-c3ccccc3)c2c1. The third kappa shape index (κ3) is 2.56. The van der Waals surface area contributed by atoms with Crippen molar-refractivity contribution in [2.45, 2.75) is 6.42 Å². The van der Waals surface area contributed by atoms with Gasteiger partial charge in [-0.25, -0.2) is 0 Å². The van der Waals surface area contributed by atoms with Gasteiger partial charge in [0.1, 0.15) is 0 Å². The zero-order valence-corrected chi connectivity index (χ0v) is 12.8. The Morgan fingerprint density at radius 1 is 1.14 bits per heavy atom. The molecule has 3 rings (SSSR count). The van der Waals surface area contributed by atoms with Crippen LogP contribution in [0.2, 0.25) is 0 Å². The van der Waals surface area contributed by atoms with Crippen molar-refractivity contribution in [2.75, 3.05) is 5.33 Å². The summed E-state index contributed by atoms with van der Waals surface area (Å²) >= 11 is 3.46. The summed E-state index contributed by atoms with van der Waals surface area (Å²) in [4.78, 5) is 14.0. The summed E-state index contributed by atoms with van der Waals surface area (Å²) in [5.41, 5.74) is 4.25. The third-order valence-electron chi connectivity index (χ3n) is 3.48. The standard InChI is InChI=1S/C16H13BrN2O2/c17-9-8-15-16(11-4-2-1-3-5-11)13-10-12(19(20)21)6-7-14(13)18-15/h1-7,10,18H,8-9H2. The highest BCUT2D eigenvalue weighted by Crippen LogP contribution is 2.34. The maximum Gasteiger partial charge on any atom is 0.270 e. The number of rotatable bonds is 4. The number of aromatic amines is 1. The van der Waals surface area contributed by atoms with Crippen LogP contribution in [0.15, 0.2) is 48.5 Å². The van der Waals surface area contributed by atoms with E-state index in [1.807, 2.05) is 30.3 Å². The van der Waals surface area contributed by atoms with E-state index in [1.165, 1.54) is 6.07 Å². The van der Waals surface area contributed by atoms with Crippen molar-refractivity contribution in [3.63, 3.8) is 0 Å². The lowest BCUT2D eigenvalue weighted by atomic mass is 10.0. The van der Waals surface area contributed by atoms with Gasteiger partial charge in [0.05, 0.1) is 4.92 Å². The molecule has 0 atom stereocenters. The van der Waals surface area contributed by atoms with Crippen LogP contribution in [0.3, 0.4) is 0 Å². The second-order valence-corrected chi connectivity index (χ2v) is 5.56. The molecule has 0 saturated heterocycles. The van der Waals surface area contributed by atoms with Crippen LogP contribution in [0.1, 0.15) is 5.69 Å². The number of nitro benzene ring substituents is 1. The summed E-state index contributed by atoms with van der Waals surface area (Å²) in [6.07, 6.45) is 0.840. The predicted octanol–water partition coefficient (Wildman–Crippen LogP) is 4.68. The molecule has 0 amide bonds. The maximum atomic E-state index is 11.0. The van der Waals surface area contributed by atoms with E-state index < -0.39 is 0 Å². The van der Waals surface area contributed by atoms with Crippen LogP contribution in [0.4, 0.5) is 5.69 Å². The number of nitrogens with zero attached hydrogens (tertiary/aromatic N) is 1. The molecule has 0 aliphatic rings. The number of alkyl halides is 1. The predicted molar refractivity (Wildman–Crippen MR) is 87.9 cm³/mol. The molecule has 0 spiro atoms. The van der Waals surface area contributed by atoms with Gasteiger partial charge >= 0.3 is 0 Å². The number of non-ortho nitro benzene ring substituents is 1. The quantitative estimate of drug-likeness (QED) is 0.424. The fraction of sp³-hybridized carbons (Fsp3) is 0.125. The zero-order chi connectivity index (χ0) is 14.8. The Labute approximate surface area is 130 Å². The molecule has 0 saturated carbocycles. The van der Waals surface area contributed by atoms with Crippen molar-refractivity contribution in [2.24, 2.45) is 0 Å². The summed E-state index contributed by atoms with van der Waals surface area (Å²) in [6.45, 7) is 0. The van der Waals surface area contributed by atoms with E-state index in [0.717, 1.165) is 39.5 Å². The van der Waals surface area contributed by atoms with Gasteiger partial charge in [0.25, 0.3) is 5.69 Å². The second kappa shape index (κ2) is 5.69. The molecule has 0 radical (unpaired) electrons. The molecule has 1 N–H and O–H groups in total. The first-order chi connectivity index (χ1) is 10.2. The monoisotopic (exact) mass is 344 g/mol. The minimum Gasteiger partial charge on any atom is -0.358 e. The van der Waals surface area contributed by atoms with Gasteiger partial charge in [-0.15, -0.1) is 0 Å². The zero-order valence-electron chi connectivity index (χ0n) is 11.2. The number of aromatic nitrogens is 1. The van der Waals surface area contributed by atoms with Crippen LogP contribution in [-0.4, -0.2) is 15.2 Å². The number of nitro groups is 1. The summed E-state index contributed by atoms with van der Waals surface area (Å²) in [7, 11) is 0. The molecule has 1 heterocycles. The molecule has 0 aliphatic heterocycles. The van der Waals surface area contributed by atoms with Gasteiger partial charge in [-0.05, 0) is 18.1 Å². The Morgan fingerprint density at radius 3 is 2.57 bits per heavy atom. The fourth-order valence-corrected chi connectivity index (χ4v) is 2.96. The number of nitrogens with one attached hydrogen (secondary N) is 1. The number of aryl methyl sites for hydroxylation is 1. The van der Waals surface area contributed by atoms with Crippen molar-refractivity contribution in [3.05, 3.63) is 64.3 Å². The van der Waals surface area contributed by atoms with Gasteiger partial charge in [0.2, 0.25) is 0 Å².